The molecule has 1 aromatic carbocycles. The third-order valence-corrected chi connectivity index (χ3v) is 2.54. The molecule has 1 aliphatic rings. The highest BCUT2D eigenvalue weighted by Crippen LogP contribution is 2.38. The van der Waals surface area contributed by atoms with Crippen LogP contribution in [-0.4, -0.2) is 19.4 Å². The average molecular weight is 243 g/mol. The first-order valence-electron chi connectivity index (χ1n) is 4.92. The van der Waals surface area contributed by atoms with E-state index < -0.39 is 5.97 Å². The molecule has 1 aliphatic heterocycles. The van der Waals surface area contributed by atoms with Gasteiger partial charge < -0.3 is 14.2 Å². The van der Waals surface area contributed by atoms with Crippen LogP contribution in [0.3, 0.4) is 0 Å². The summed E-state index contributed by atoms with van der Waals surface area (Å²) in [4.78, 5) is 11.8. The highest BCUT2D eigenvalue weighted by molar-refractivity contribution is 6.17. The maximum absolute atomic E-state index is 11.8. The Kier molecular flexibility index (Phi) is 3.19. The topological polar surface area (TPSA) is 44.8 Å². The fourth-order valence-corrected chi connectivity index (χ4v) is 1.77. The fourth-order valence-electron chi connectivity index (χ4n) is 1.55. The monoisotopic (exact) mass is 242 g/mol. The largest absolute Gasteiger partial charge is 0.462 e. The highest BCUT2D eigenvalue weighted by Gasteiger charge is 2.26. The molecule has 0 saturated heterocycles. The number of hydrogen-bond acceptors (Lipinski definition) is 4. The summed E-state index contributed by atoms with van der Waals surface area (Å²) in [7, 11) is 0. The number of fused-ring (bicyclic) bond motifs is 1. The smallest absolute Gasteiger partial charge is 0.342 e. The molecule has 16 heavy (non-hydrogen) atoms. The standard InChI is InChI=1S/C11H11ClO4/c1-2-14-11(13)9-7(5-12)3-4-8-10(9)16-6-15-8/h3-4H,2,5-6H2,1H3. The molecule has 4 nitrogen and oxygen atoms in total. The number of carbonyl (C=O) groups excluding carboxylic acids is 1. The molecule has 0 spiro atoms. The number of ether oxygens (including phenoxy) is 3. The fraction of sp³-hybridized carbons (Fsp3) is 0.364. The minimum atomic E-state index is -0.430. The predicted octanol–water partition coefficient (Wildman–Crippen LogP) is 2.33. The molecule has 0 atom stereocenters. The van der Waals surface area contributed by atoms with Crippen molar-refractivity contribution < 1.29 is 19.0 Å². The van der Waals surface area contributed by atoms with Gasteiger partial charge in [0.1, 0.15) is 5.56 Å². The van der Waals surface area contributed by atoms with Crippen LogP contribution in [0.1, 0.15) is 22.8 Å². The van der Waals surface area contributed by atoms with Gasteiger partial charge in [-0.1, -0.05) is 6.07 Å². The minimum absolute atomic E-state index is 0.119. The quantitative estimate of drug-likeness (QED) is 0.603. The van der Waals surface area contributed by atoms with Crippen molar-refractivity contribution in [2.75, 3.05) is 13.4 Å². The Bertz CT molecular complexity index is 417. The summed E-state index contributed by atoms with van der Waals surface area (Å²) in [6, 6.07) is 3.48. The number of esters is 1. The first-order chi connectivity index (χ1) is 7.77. The highest BCUT2D eigenvalue weighted by atomic mass is 35.5. The van der Waals surface area contributed by atoms with E-state index >= 15 is 0 Å². The normalized spacial score (nSPS) is 12.6. The Morgan fingerprint density at radius 3 is 3.00 bits per heavy atom. The molecule has 5 heteroatoms. The van der Waals surface area contributed by atoms with Crippen LogP contribution in [0.5, 0.6) is 11.5 Å². The SMILES string of the molecule is CCOC(=O)c1c(CCl)ccc2c1OCO2. The van der Waals surface area contributed by atoms with Crippen LogP contribution < -0.4 is 9.47 Å². The van der Waals surface area contributed by atoms with E-state index in [1.807, 2.05) is 0 Å². The second kappa shape index (κ2) is 4.61. The molecule has 0 fully saturated rings. The van der Waals surface area contributed by atoms with Crippen LogP contribution in [0, 0.1) is 0 Å². The van der Waals surface area contributed by atoms with Gasteiger partial charge >= 0.3 is 5.97 Å². The molecule has 0 N–H and O–H groups in total. The Labute approximate surface area is 98.1 Å². The lowest BCUT2D eigenvalue weighted by Gasteiger charge is -2.09. The zero-order chi connectivity index (χ0) is 11.5. The lowest BCUT2D eigenvalue weighted by atomic mass is 10.1. The van der Waals surface area contributed by atoms with Crippen molar-refractivity contribution in [2.45, 2.75) is 12.8 Å². The van der Waals surface area contributed by atoms with Crippen LogP contribution in [0.15, 0.2) is 12.1 Å². The van der Waals surface area contributed by atoms with Crippen molar-refractivity contribution in [2.24, 2.45) is 0 Å². The molecule has 1 heterocycles. The predicted molar refractivity (Wildman–Crippen MR) is 58.1 cm³/mol. The van der Waals surface area contributed by atoms with Crippen molar-refractivity contribution in [1.29, 1.82) is 0 Å². The van der Waals surface area contributed by atoms with E-state index in [4.69, 9.17) is 25.8 Å². The molecular weight excluding hydrogens is 232 g/mol. The molecule has 86 valence electrons. The number of halogens is 1. The summed E-state index contributed by atoms with van der Waals surface area (Å²) >= 11 is 5.77. The molecule has 0 aliphatic carbocycles. The molecule has 0 unspecified atom stereocenters. The van der Waals surface area contributed by atoms with E-state index in [0.29, 0.717) is 29.2 Å². The van der Waals surface area contributed by atoms with Gasteiger partial charge in [-0.3, -0.25) is 0 Å². The molecule has 0 aromatic heterocycles. The molecule has 0 radical (unpaired) electrons. The number of carbonyl (C=O) groups is 1. The van der Waals surface area contributed by atoms with Crippen LogP contribution in [0.25, 0.3) is 0 Å². The first-order valence-corrected chi connectivity index (χ1v) is 5.46. The van der Waals surface area contributed by atoms with Crippen LogP contribution in [-0.2, 0) is 10.6 Å². The van der Waals surface area contributed by atoms with Crippen molar-refractivity contribution in [3.8, 4) is 11.5 Å². The number of alkyl halides is 1. The summed E-state index contributed by atoms with van der Waals surface area (Å²) in [6.45, 7) is 2.18. The molecule has 0 amide bonds. The zero-order valence-electron chi connectivity index (χ0n) is 8.79. The van der Waals surface area contributed by atoms with E-state index in [-0.39, 0.29) is 12.7 Å². The molecule has 1 aromatic rings. The first kappa shape index (κ1) is 11.1. The summed E-state index contributed by atoms with van der Waals surface area (Å²) < 4.78 is 15.4. The van der Waals surface area contributed by atoms with Gasteiger partial charge in [-0.25, -0.2) is 4.79 Å². The van der Waals surface area contributed by atoms with Gasteiger partial charge in [0.25, 0.3) is 0 Å². The van der Waals surface area contributed by atoms with E-state index in [9.17, 15) is 4.79 Å². The van der Waals surface area contributed by atoms with Crippen molar-refractivity contribution in [1.82, 2.24) is 0 Å². The molecular formula is C11H11ClO4. The second-order valence-corrected chi connectivity index (χ2v) is 3.45. The molecule has 0 saturated carbocycles. The second-order valence-electron chi connectivity index (χ2n) is 3.19. The van der Waals surface area contributed by atoms with Crippen molar-refractivity contribution >= 4 is 17.6 Å². The van der Waals surface area contributed by atoms with Crippen molar-refractivity contribution in [3.63, 3.8) is 0 Å². The van der Waals surface area contributed by atoms with E-state index in [0.717, 1.165) is 0 Å². The van der Waals surface area contributed by atoms with Gasteiger partial charge in [-0.05, 0) is 18.6 Å². The number of rotatable bonds is 3. The summed E-state index contributed by atoms with van der Waals surface area (Å²) in [5.74, 6) is 0.777. The lowest BCUT2D eigenvalue weighted by molar-refractivity contribution is 0.0520. The number of benzene rings is 1. The van der Waals surface area contributed by atoms with Gasteiger partial charge in [-0.15, -0.1) is 11.6 Å². The van der Waals surface area contributed by atoms with E-state index in [1.165, 1.54) is 0 Å². The van der Waals surface area contributed by atoms with Crippen LogP contribution in [0.4, 0.5) is 0 Å². The molecule has 0 bridgehead atoms. The van der Waals surface area contributed by atoms with E-state index in [2.05, 4.69) is 0 Å². The Morgan fingerprint density at radius 1 is 1.50 bits per heavy atom. The van der Waals surface area contributed by atoms with Gasteiger partial charge in [0.2, 0.25) is 6.79 Å². The summed E-state index contributed by atoms with van der Waals surface area (Å²) in [5.41, 5.74) is 1.05. The third-order valence-electron chi connectivity index (χ3n) is 2.25. The summed E-state index contributed by atoms with van der Waals surface area (Å²) in [6.07, 6.45) is 0. The molecule has 2 rings (SSSR count). The van der Waals surface area contributed by atoms with Gasteiger partial charge in [0.15, 0.2) is 11.5 Å². The van der Waals surface area contributed by atoms with Gasteiger partial charge in [0.05, 0.1) is 6.61 Å². The lowest BCUT2D eigenvalue weighted by Crippen LogP contribution is -2.09. The zero-order valence-corrected chi connectivity index (χ0v) is 9.54. The van der Waals surface area contributed by atoms with E-state index in [1.54, 1.807) is 19.1 Å². The average Bonchev–Trinajstić information content (AvgIpc) is 2.75. The third kappa shape index (κ3) is 1.80. The Morgan fingerprint density at radius 2 is 2.31 bits per heavy atom. The number of hydrogen-bond donors (Lipinski definition) is 0. The van der Waals surface area contributed by atoms with Crippen molar-refractivity contribution in [3.05, 3.63) is 23.3 Å². The maximum atomic E-state index is 11.8. The minimum Gasteiger partial charge on any atom is -0.462 e. The summed E-state index contributed by atoms with van der Waals surface area (Å²) in [5, 5.41) is 0. The van der Waals surface area contributed by atoms with Gasteiger partial charge in [-0.2, -0.15) is 0 Å². The maximum Gasteiger partial charge on any atom is 0.342 e. The van der Waals surface area contributed by atoms with Gasteiger partial charge in [0, 0.05) is 5.88 Å². The Balaban J connectivity index is 2.47. The Hall–Kier alpha value is -1.42. The van der Waals surface area contributed by atoms with Crippen LogP contribution in [0.2, 0.25) is 0 Å². The van der Waals surface area contributed by atoms with Crippen LogP contribution >= 0.6 is 11.6 Å².